The summed E-state index contributed by atoms with van der Waals surface area (Å²) in [4.78, 5) is 17.1. The molecule has 30 heavy (non-hydrogen) atoms. The van der Waals surface area contributed by atoms with Crippen molar-refractivity contribution in [2.75, 3.05) is 6.26 Å². The van der Waals surface area contributed by atoms with Crippen LogP contribution in [0.5, 0.6) is 0 Å². The van der Waals surface area contributed by atoms with Crippen LogP contribution in [0, 0.1) is 0 Å². The minimum atomic E-state index is -3.64. The summed E-state index contributed by atoms with van der Waals surface area (Å²) in [5.74, 6) is -0.676. The molecule has 6 nitrogen and oxygen atoms in total. The molecule has 0 spiro atoms. The molecule has 2 aromatic carbocycles. The predicted octanol–water partition coefficient (Wildman–Crippen LogP) is 4.14. The fraction of sp³-hybridized carbons (Fsp3) is 0.217. The molecule has 1 N–H and O–H groups in total. The van der Waals surface area contributed by atoms with Gasteiger partial charge in [0.25, 0.3) is 5.91 Å². The average molecular weight is 422 g/mol. The van der Waals surface area contributed by atoms with Crippen LogP contribution in [-0.2, 0) is 15.4 Å². The number of carbonyl (C=O) groups excluding carboxylic acids is 1. The highest BCUT2D eigenvalue weighted by Crippen LogP contribution is 2.30. The molecule has 0 atom stereocenters. The van der Waals surface area contributed by atoms with Gasteiger partial charge in [0.15, 0.2) is 0 Å². The van der Waals surface area contributed by atoms with E-state index in [2.05, 4.69) is 45.0 Å². The zero-order valence-electron chi connectivity index (χ0n) is 17.3. The van der Waals surface area contributed by atoms with Crippen LogP contribution in [0.3, 0.4) is 0 Å². The Kier molecular flexibility index (Phi) is 4.66. The number of nitrogens with zero attached hydrogens (tertiary/aromatic N) is 2. The molecule has 7 heteroatoms. The Bertz CT molecular complexity index is 1380. The van der Waals surface area contributed by atoms with E-state index in [1.54, 1.807) is 18.2 Å². The average Bonchev–Trinajstić information content (AvgIpc) is 3.15. The van der Waals surface area contributed by atoms with E-state index in [1.165, 1.54) is 5.56 Å². The van der Waals surface area contributed by atoms with Crippen molar-refractivity contribution < 1.29 is 13.2 Å². The zero-order chi connectivity index (χ0) is 21.7. The SMILES string of the molecule is CC(C)(C)c1ccc(-c2nc3cc(C(=O)NS(C)(=O)=O)ccc3n3cccc23)cc1. The lowest BCUT2D eigenvalue weighted by atomic mass is 9.86. The van der Waals surface area contributed by atoms with Crippen molar-refractivity contribution in [3.63, 3.8) is 0 Å². The number of sulfonamides is 1. The van der Waals surface area contributed by atoms with Crippen molar-refractivity contribution >= 4 is 32.5 Å². The number of amides is 1. The van der Waals surface area contributed by atoms with E-state index in [0.717, 1.165) is 28.5 Å². The molecule has 2 heterocycles. The Morgan fingerprint density at radius 3 is 2.33 bits per heavy atom. The summed E-state index contributed by atoms with van der Waals surface area (Å²) < 4.78 is 26.8. The molecular formula is C23H23N3O3S. The van der Waals surface area contributed by atoms with Crippen molar-refractivity contribution in [1.29, 1.82) is 0 Å². The number of fused-ring (bicyclic) bond motifs is 3. The Morgan fingerprint density at radius 1 is 1.00 bits per heavy atom. The fourth-order valence-electron chi connectivity index (χ4n) is 3.49. The minimum Gasteiger partial charge on any atom is -0.313 e. The number of hydrogen-bond acceptors (Lipinski definition) is 4. The number of rotatable bonds is 3. The third-order valence-electron chi connectivity index (χ3n) is 5.02. The lowest BCUT2D eigenvalue weighted by molar-refractivity contribution is 0.0982. The quantitative estimate of drug-likeness (QED) is 0.539. The van der Waals surface area contributed by atoms with Crippen molar-refractivity contribution in [2.24, 2.45) is 0 Å². The van der Waals surface area contributed by atoms with Crippen LogP contribution in [0.4, 0.5) is 0 Å². The smallest absolute Gasteiger partial charge is 0.264 e. The van der Waals surface area contributed by atoms with E-state index in [4.69, 9.17) is 4.98 Å². The van der Waals surface area contributed by atoms with Crippen LogP contribution in [0.2, 0.25) is 0 Å². The van der Waals surface area contributed by atoms with E-state index < -0.39 is 15.9 Å². The Hall–Kier alpha value is -3.19. The van der Waals surface area contributed by atoms with Gasteiger partial charge in [-0.15, -0.1) is 0 Å². The van der Waals surface area contributed by atoms with Gasteiger partial charge in [-0.2, -0.15) is 0 Å². The number of benzene rings is 2. The summed E-state index contributed by atoms with van der Waals surface area (Å²) in [6.45, 7) is 6.51. The summed E-state index contributed by atoms with van der Waals surface area (Å²) in [7, 11) is -3.64. The van der Waals surface area contributed by atoms with Gasteiger partial charge in [0.1, 0.15) is 0 Å². The second-order valence-electron chi connectivity index (χ2n) is 8.46. The summed E-state index contributed by atoms with van der Waals surface area (Å²) in [5, 5.41) is 0. The molecule has 0 saturated heterocycles. The van der Waals surface area contributed by atoms with Gasteiger partial charge in [0.2, 0.25) is 10.0 Å². The molecule has 1 amide bonds. The van der Waals surface area contributed by atoms with Crippen LogP contribution in [0.1, 0.15) is 36.7 Å². The van der Waals surface area contributed by atoms with Crippen LogP contribution in [-0.4, -0.2) is 30.0 Å². The molecule has 0 saturated carbocycles. The molecule has 0 bridgehead atoms. The van der Waals surface area contributed by atoms with Crippen LogP contribution < -0.4 is 4.72 Å². The lowest BCUT2D eigenvalue weighted by Crippen LogP contribution is -2.29. The summed E-state index contributed by atoms with van der Waals surface area (Å²) in [6, 6.07) is 17.3. The Balaban J connectivity index is 1.87. The highest BCUT2D eigenvalue weighted by molar-refractivity contribution is 7.89. The molecule has 0 aliphatic heterocycles. The second kappa shape index (κ2) is 6.95. The first-order valence-corrected chi connectivity index (χ1v) is 11.5. The minimum absolute atomic E-state index is 0.0571. The van der Waals surface area contributed by atoms with Gasteiger partial charge in [-0.05, 0) is 41.3 Å². The van der Waals surface area contributed by atoms with E-state index in [-0.39, 0.29) is 11.0 Å². The third kappa shape index (κ3) is 3.80. The topological polar surface area (TPSA) is 80.5 Å². The van der Waals surface area contributed by atoms with Crippen molar-refractivity contribution in [3.05, 3.63) is 71.9 Å². The largest absolute Gasteiger partial charge is 0.313 e. The molecule has 0 unspecified atom stereocenters. The summed E-state index contributed by atoms with van der Waals surface area (Å²) in [5.41, 5.74) is 5.70. The fourth-order valence-corrected chi connectivity index (χ4v) is 3.94. The normalized spacial score (nSPS) is 12.4. The molecule has 2 aromatic heterocycles. The number of carbonyl (C=O) groups is 1. The van der Waals surface area contributed by atoms with E-state index in [1.807, 2.05) is 27.5 Å². The predicted molar refractivity (Wildman–Crippen MR) is 119 cm³/mol. The zero-order valence-corrected chi connectivity index (χ0v) is 18.1. The first kappa shape index (κ1) is 20.1. The monoisotopic (exact) mass is 421 g/mol. The van der Waals surface area contributed by atoms with Crippen molar-refractivity contribution in [3.8, 4) is 11.3 Å². The lowest BCUT2D eigenvalue weighted by Gasteiger charge is -2.19. The van der Waals surface area contributed by atoms with E-state index >= 15 is 0 Å². The maximum Gasteiger partial charge on any atom is 0.264 e. The van der Waals surface area contributed by atoms with Gasteiger partial charge >= 0.3 is 0 Å². The van der Waals surface area contributed by atoms with Crippen LogP contribution >= 0.6 is 0 Å². The van der Waals surface area contributed by atoms with Gasteiger partial charge in [-0.3, -0.25) is 4.79 Å². The van der Waals surface area contributed by atoms with Gasteiger partial charge in [0.05, 0.1) is 28.5 Å². The van der Waals surface area contributed by atoms with Gasteiger partial charge in [-0.25, -0.2) is 18.1 Å². The molecule has 154 valence electrons. The van der Waals surface area contributed by atoms with E-state index in [9.17, 15) is 13.2 Å². The van der Waals surface area contributed by atoms with Crippen LogP contribution in [0.25, 0.3) is 27.8 Å². The van der Waals surface area contributed by atoms with Crippen molar-refractivity contribution in [1.82, 2.24) is 14.1 Å². The molecule has 0 radical (unpaired) electrons. The standard InChI is InChI=1S/C23H23N3O3S/c1-23(2,3)17-10-7-15(8-11-17)21-20-6-5-13-26(20)19-12-9-16(14-18(19)24-21)22(27)25-30(4,28)29/h5-14H,1-4H3,(H,25,27). The van der Waals surface area contributed by atoms with Gasteiger partial charge < -0.3 is 4.40 Å². The Morgan fingerprint density at radius 2 is 1.70 bits per heavy atom. The number of hydrogen-bond donors (Lipinski definition) is 1. The molecule has 0 fully saturated rings. The first-order valence-electron chi connectivity index (χ1n) is 9.57. The maximum atomic E-state index is 12.3. The molecule has 0 aliphatic carbocycles. The summed E-state index contributed by atoms with van der Waals surface area (Å²) >= 11 is 0. The van der Waals surface area contributed by atoms with Gasteiger partial charge in [-0.1, -0.05) is 45.0 Å². The van der Waals surface area contributed by atoms with Gasteiger partial charge in [0, 0.05) is 17.3 Å². The van der Waals surface area contributed by atoms with Crippen LogP contribution in [0.15, 0.2) is 60.8 Å². The highest BCUT2D eigenvalue weighted by Gasteiger charge is 2.16. The molecular weight excluding hydrogens is 398 g/mol. The Labute approximate surface area is 175 Å². The summed E-state index contributed by atoms with van der Waals surface area (Å²) in [6.07, 6.45) is 2.90. The molecule has 4 aromatic rings. The van der Waals surface area contributed by atoms with E-state index in [0.29, 0.717) is 5.52 Å². The number of nitrogens with one attached hydrogen (secondary N) is 1. The third-order valence-corrected chi connectivity index (χ3v) is 5.58. The molecule has 4 rings (SSSR count). The molecule has 0 aliphatic rings. The second-order valence-corrected chi connectivity index (χ2v) is 10.2. The van der Waals surface area contributed by atoms with Crippen molar-refractivity contribution in [2.45, 2.75) is 26.2 Å². The first-order chi connectivity index (χ1) is 14.0. The number of aromatic nitrogens is 2. The highest BCUT2D eigenvalue weighted by atomic mass is 32.2. The maximum absolute atomic E-state index is 12.3.